The minimum absolute atomic E-state index is 0.118. The van der Waals surface area contributed by atoms with E-state index in [1.807, 2.05) is 28.4 Å². The Balaban J connectivity index is 1.54. The Bertz CT molecular complexity index is 1470. The number of carbonyl (C=O) groups is 1. The first-order valence-corrected chi connectivity index (χ1v) is 13.1. The van der Waals surface area contributed by atoms with Gasteiger partial charge in [-0.25, -0.2) is 14.5 Å². The molecule has 0 bridgehead atoms. The van der Waals surface area contributed by atoms with Crippen LogP contribution in [0.3, 0.4) is 0 Å². The first kappa shape index (κ1) is 25.2. The third-order valence-electron chi connectivity index (χ3n) is 7.69. The van der Waals surface area contributed by atoms with Crippen molar-refractivity contribution in [3.8, 4) is 11.3 Å². The number of hydrogen-bond donors (Lipinski definition) is 1. The molecule has 5 rings (SSSR count). The number of nitrogens with one attached hydrogen (secondary N) is 1. The Kier molecular flexibility index (Phi) is 6.43. The maximum atomic E-state index is 12.8. The average Bonchev–Trinajstić information content (AvgIpc) is 3.46. The molecule has 1 saturated heterocycles. The van der Waals surface area contributed by atoms with Crippen molar-refractivity contribution in [2.45, 2.75) is 59.5 Å². The van der Waals surface area contributed by atoms with Crippen LogP contribution in [-0.2, 0) is 4.79 Å². The minimum Gasteiger partial charge on any atom is -0.353 e. The van der Waals surface area contributed by atoms with Gasteiger partial charge in [0.15, 0.2) is 5.65 Å². The summed E-state index contributed by atoms with van der Waals surface area (Å²) in [5, 5.41) is 4.40. The van der Waals surface area contributed by atoms with Gasteiger partial charge in [-0.15, -0.1) is 0 Å². The van der Waals surface area contributed by atoms with Crippen molar-refractivity contribution in [3.05, 3.63) is 41.3 Å². The van der Waals surface area contributed by atoms with E-state index in [0.29, 0.717) is 13.1 Å². The number of aryl methyl sites for hydroxylation is 1. The summed E-state index contributed by atoms with van der Waals surface area (Å²) in [5.74, 6) is 1.41. The molecule has 0 aliphatic carbocycles. The summed E-state index contributed by atoms with van der Waals surface area (Å²) in [6.45, 7) is 14.9. The van der Waals surface area contributed by atoms with Crippen molar-refractivity contribution in [2.24, 2.45) is 0 Å². The summed E-state index contributed by atoms with van der Waals surface area (Å²) in [4.78, 5) is 32.4. The molecule has 5 heterocycles. The zero-order chi connectivity index (χ0) is 26.6. The van der Waals surface area contributed by atoms with Crippen LogP contribution in [0.25, 0.3) is 27.9 Å². The van der Waals surface area contributed by atoms with Gasteiger partial charge >= 0.3 is 0 Å². The Labute approximate surface area is 218 Å². The minimum atomic E-state index is 0.118. The number of fused-ring (bicyclic) bond motifs is 2. The fourth-order valence-corrected chi connectivity index (χ4v) is 5.62. The predicted octanol–water partition coefficient (Wildman–Crippen LogP) is 4.00. The Morgan fingerprint density at radius 1 is 1.14 bits per heavy atom. The standard InChI is InChI=1S/C28H38N8O/c1-16(2)25-26(21-13-36-28(29-15-30-36)20(6)19(21)5)31-22-9-10-23(32-27(22)25)34-11-18(4)35(12-17(34)3)24(37)14-33(7)8/h9-10,13,15-18,31H,11-12,14H2,1-8H3/t17-,18+/m0/s1. The number of anilines is 1. The summed E-state index contributed by atoms with van der Waals surface area (Å²) in [5.41, 5.74) is 8.65. The quantitative estimate of drug-likeness (QED) is 0.444. The molecule has 0 unspecified atom stereocenters. The molecule has 4 aromatic heterocycles. The number of aromatic amines is 1. The van der Waals surface area contributed by atoms with Crippen LogP contribution in [0.15, 0.2) is 24.7 Å². The van der Waals surface area contributed by atoms with Crippen LogP contribution in [-0.4, -0.2) is 86.1 Å². The lowest BCUT2D eigenvalue weighted by Gasteiger charge is -2.45. The third-order valence-corrected chi connectivity index (χ3v) is 7.69. The smallest absolute Gasteiger partial charge is 0.237 e. The molecule has 9 heteroatoms. The fraction of sp³-hybridized carbons (Fsp3) is 0.500. The Hall–Kier alpha value is -3.46. The van der Waals surface area contributed by atoms with Crippen LogP contribution in [0, 0.1) is 13.8 Å². The van der Waals surface area contributed by atoms with Crippen LogP contribution in [0.4, 0.5) is 5.82 Å². The highest BCUT2D eigenvalue weighted by Crippen LogP contribution is 2.38. The molecule has 1 aliphatic heterocycles. The number of H-pyrrole nitrogens is 1. The summed E-state index contributed by atoms with van der Waals surface area (Å²) < 4.78 is 1.85. The summed E-state index contributed by atoms with van der Waals surface area (Å²) in [7, 11) is 3.87. The van der Waals surface area contributed by atoms with Crippen molar-refractivity contribution in [2.75, 3.05) is 38.6 Å². The second kappa shape index (κ2) is 9.45. The lowest BCUT2D eigenvalue weighted by molar-refractivity contribution is -0.134. The molecule has 196 valence electrons. The molecule has 37 heavy (non-hydrogen) atoms. The summed E-state index contributed by atoms with van der Waals surface area (Å²) in [6, 6.07) is 4.54. The van der Waals surface area contributed by atoms with Crippen LogP contribution in [0.1, 0.15) is 50.3 Å². The fourth-order valence-electron chi connectivity index (χ4n) is 5.62. The highest BCUT2D eigenvalue weighted by atomic mass is 16.2. The van der Waals surface area contributed by atoms with Gasteiger partial charge in [-0.05, 0) is 71.0 Å². The Morgan fingerprint density at radius 3 is 2.59 bits per heavy atom. The van der Waals surface area contributed by atoms with E-state index < -0.39 is 0 Å². The monoisotopic (exact) mass is 502 g/mol. The highest BCUT2D eigenvalue weighted by molar-refractivity contribution is 5.90. The van der Waals surface area contributed by atoms with Gasteiger partial charge in [-0.2, -0.15) is 5.10 Å². The number of carbonyl (C=O) groups excluding carboxylic acids is 1. The number of piperazine rings is 1. The number of aromatic nitrogens is 5. The van der Waals surface area contributed by atoms with Crippen LogP contribution < -0.4 is 4.90 Å². The lowest BCUT2D eigenvalue weighted by Crippen LogP contribution is -2.59. The average molecular weight is 503 g/mol. The van der Waals surface area contributed by atoms with Gasteiger partial charge in [0, 0.05) is 42.5 Å². The van der Waals surface area contributed by atoms with Crippen molar-refractivity contribution in [3.63, 3.8) is 0 Å². The molecule has 1 N–H and O–H groups in total. The molecule has 0 spiro atoms. The number of likely N-dealkylation sites (N-methyl/N-ethyl adjacent to an activating group) is 1. The summed E-state index contributed by atoms with van der Waals surface area (Å²) in [6.07, 6.45) is 3.67. The van der Waals surface area contributed by atoms with Crippen molar-refractivity contribution in [1.82, 2.24) is 34.4 Å². The maximum absolute atomic E-state index is 12.8. The van der Waals surface area contributed by atoms with Crippen molar-refractivity contribution >= 4 is 28.4 Å². The zero-order valence-electron chi connectivity index (χ0n) is 23.2. The number of amides is 1. The highest BCUT2D eigenvalue weighted by Gasteiger charge is 2.33. The molecule has 0 aromatic carbocycles. The van der Waals surface area contributed by atoms with Gasteiger partial charge in [0.05, 0.1) is 23.3 Å². The summed E-state index contributed by atoms with van der Waals surface area (Å²) >= 11 is 0. The van der Waals surface area contributed by atoms with E-state index in [1.54, 1.807) is 6.33 Å². The van der Waals surface area contributed by atoms with E-state index in [0.717, 1.165) is 45.9 Å². The first-order chi connectivity index (χ1) is 17.6. The van der Waals surface area contributed by atoms with E-state index >= 15 is 0 Å². The van der Waals surface area contributed by atoms with Gasteiger partial charge in [0.2, 0.25) is 5.91 Å². The first-order valence-electron chi connectivity index (χ1n) is 13.1. The second-order valence-electron chi connectivity index (χ2n) is 11.1. The second-order valence-corrected chi connectivity index (χ2v) is 11.1. The van der Waals surface area contributed by atoms with Crippen molar-refractivity contribution < 1.29 is 4.79 Å². The van der Waals surface area contributed by atoms with E-state index in [1.165, 1.54) is 11.1 Å². The lowest BCUT2D eigenvalue weighted by atomic mass is 9.95. The molecule has 0 radical (unpaired) electrons. The molecule has 2 atom stereocenters. The predicted molar refractivity (Wildman–Crippen MR) is 148 cm³/mol. The number of nitrogens with zero attached hydrogens (tertiary/aromatic N) is 7. The van der Waals surface area contributed by atoms with Crippen molar-refractivity contribution in [1.29, 1.82) is 0 Å². The molecule has 4 aromatic rings. The van der Waals surface area contributed by atoms with Crippen LogP contribution >= 0.6 is 0 Å². The molecule has 1 aliphatic rings. The molecular formula is C28H38N8O. The molecule has 1 fully saturated rings. The van der Waals surface area contributed by atoms with Gasteiger partial charge < -0.3 is 19.7 Å². The van der Waals surface area contributed by atoms with Gasteiger partial charge in [0.1, 0.15) is 12.1 Å². The SMILES string of the molecule is Cc1c(-c2[nH]c3ccc(N4C[C@@H](C)N(C(=O)CN(C)C)C[C@@H]4C)nc3c2C(C)C)cn2ncnc2c1C. The van der Waals surface area contributed by atoms with E-state index in [4.69, 9.17) is 4.98 Å². The Morgan fingerprint density at radius 2 is 1.89 bits per heavy atom. The number of pyridine rings is 2. The number of hydrogen-bond acceptors (Lipinski definition) is 6. The molecule has 1 amide bonds. The number of rotatable bonds is 5. The van der Waals surface area contributed by atoms with Gasteiger partial charge in [-0.1, -0.05) is 13.8 Å². The van der Waals surface area contributed by atoms with Gasteiger partial charge in [0.25, 0.3) is 0 Å². The molecule has 0 saturated carbocycles. The normalized spacial score (nSPS) is 18.6. The zero-order valence-corrected chi connectivity index (χ0v) is 23.2. The van der Waals surface area contributed by atoms with E-state index in [2.05, 4.69) is 79.8 Å². The molecule has 9 nitrogen and oxygen atoms in total. The maximum Gasteiger partial charge on any atom is 0.237 e. The van der Waals surface area contributed by atoms with Crippen LogP contribution in [0.5, 0.6) is 0 Å². The van der Waals surface area contributed by atoms with Gasteiger partial charge in [-0.3, -0.25) is 4.79 Å². The van der Waals surface area contributed by atoms with E-state index in [9.17, 15) is 4.79 Å². The largest absolute Gasteiger partial charge is 0.353 e. The molecular weight excluding hydrogens is 464 g/mol. The third kappa shape index (κ3) is 4.35. The van der Waals surface area contributed by atoms with E-state index in [-0.39, 0.29) is 23.9 Å². The van der Waals surface area contributed by atoms with Crippen LogP contribution in [0.2, 0.25) is 0 Å². The topological polar surface area (TPSA) is 85.7 Å².